The molecule has 5 heteroatoms. The molecule has 0 amide bonds. The van der Waals surface area contributed by atoms with Crippen LogP contribution in [-0.4, -0.2) is 22.0 Å². The van der Waals surface area contributed by atoms with E-state index in [0.29, 0.717) is 28.2 Å². The molecule has 3 unspecified atom stereocenters. The fourth-order valence-electron chi connectivity index (χ4n) is 3.09. The maximum Gasteiger partial charge on any atom is 0.276 e. The van der Waals surface area contributed by atoms with Crippen LogP contribution in [0.3, 0.4) is 0 Å². The number of nitrogens with zero attached hydrogens (tertiary/aromatic N) is 2. The highest BCUT2D eigenvalue weighted by Gasteiger charge is 2.32. The van der Waals surface area contributed by atoms with Gasteiger partial charge in [0.25, 0.3) is 5.22 Å². The van der Waals surface area contributed by atoms with Crippen molar-refractivity contribution in [2.75, 3.05) is 6.54 Å². The summed E-state index contributed by atoms with van der Waals surface area (Å²) in [7, 11) is 0. The lowest BCUT2D eigenvalue weighted by Gasteiger charge is -2.34. The Balaban J connectivity index is 1.72. The minimum Gasteiger partial charge on any atom is -0.416 e. The number of aryl methyl sites for hydroxylation is 1. The van der Waals surface area contributed by atoms with Crippen molar-refractivity contribution in [3.05, 3.63) is 41.8 Å². The quantitative estimate of drug-likeness (QED) is 0.938. The van der Waals surface area contributed by atoms with E-state index < -0.39 is 0 Å². The highest BCUT2D eigenvalue weighted by molar-refractivity contribution is 7.99. The summed E-state index contributed by atoms with van der Waals surface area (Å²) in [6, 6.07) is 10.8. The van der Waals surface area contributed by atoms with Crippen LogP contribution in [0.4, 0.5) is 0 Å². The van der Waals surface area contributed by atoms with E-state index in [1.807, 2.05) is 6.92 Å². The largest absolute Gasteiger partial charge is 0.416 e. The third-order valence-corrected chi connectivity index (χ3v) is 5.51. The molecule has 1 aliphatic rings. The van der Waals surface area contributed by atoms with Crippen molar-refractivity contribution >= 4 is 11.8 Å². The van der Waals surface area contributed by atoms with Crippen LogP contribution in [0.5, 0.6) is 0 Å². The molecule has 0 spiro atoms. The summed E-state index contributed by atoms with van der Waals surface area (Å²) in [5.74, 6) is 1.76. The Labute approximate surface area is 129 Å². The predicted octanol–water partition coefficient (Wildman–Crippen LogP) is 3.38. The molecule has 3 rings (SSSR count). The first-order valence-electron chi connectivity index (χ1n) is 7.48. The molecular formula is C16H21N3OS. The van der Waals surface area contributed by atoms with E-state index in [1.165, 1.54) is 18.4 Å². The fourth-order valence-corrected chi connectivity index (χ4v) is 4.37. The lowest BCUT2D eigenvalue weighted by atomic mass is 9.78. The first-order valence-corrected chi connectivity index (χ1v) is 8.36. The van der Waals surface area contributed by atoms with E-state index in [2.05, 4.69) is 40.5 Å². The Morgan fingerprint density at radius 2 is 2.05 bits per heavy atom. The van der Waals surface area contributed by atoms with Gasteiger partial charge in [-0.25, -0.2) is 0 Å². The van der Waals surface area contributed by atoms with E-state index in [1.54, 1.807) is 11.8 Å². The molecule has 0 saturated heterocycles. The number of aromatic nitrogens is 2. The average Bonchev–Trinajstić information content (AvgIpc) is 2.93. The molecule has 1 saturated carbocycles. The van der Waals surface area contributed by atoms with Crippen LogP contribution < -0.4 is 5.73 Å². The van der Waals surface area contributed by atoms with Crippen molar-refractivity contribution in [1.82, 2.24) is 10.2 Å². The summed E-state index contributed by atoms with van der Waals surface area (Å²) >= 11 is 1.70. The van der Waals surface area contributed by atoms with Crippen LogP contribution in [0.1, 0.15) is 36.6 Å². The second kappa shape index (κ2) is 6.62. The van der Waals surface area contributed by atoms with E-state index >= 15 is 0 Å². The molecule has 2 aromatic rings. The standard InChI is InChI=1S/C16H21N3OS/c1-11-18-19-16(20-11)21-15-9-13(7-8-14(15)10-17)12-5-3-2-4-6-12/h2-6,13-15H,7-10,17H2,1H3. The maximum absolute atomic E-state index is 5.96. The number of hydrogen-bond acceptors (Lipinski definition) is 5. The van der Waals surface area contributed by atoms with Gasteiger partial charge < -0.3 is 10.2 Å². The maximum atomic E-state index is 5.96. The molecule has 4 nitrogen and oxygen atoms in total. The molecule has 1 aromatic heterocycles. The number of nitrogens with two attached hydrogens (primary N) is 1. The highest BCUT2D eigenvalue weighted by Crippen LogP contribution is 2.42. The second-order valence-corrected chi connectivity index (χ2v) is 6.85. The average molecular weight is 303 g/mol. The van der Waals surface area contributed by atoms with Crippen LogP contribution in [0.15, 0.2) is 40.0 Å². The van der Waals surface area contributed by atoms with Gasteiger partial charge in [-0.1, -0.05) is 42.1 Å². The molecule has 1 heterocycles. The van der Waals surface area contributed by atoms with Crippen LogP contribution in [-0.2, 0) is 0 Å². The van der Waals surface area contributed by atoms with E-state index in [9.17, 15) is 0 Å². The summed E-state index contributed by atoms with van der Waals surface area (Å²) in [5.41, 5.74) is 7.39. The number of benzene rings is 1. The third-order valence-electron chi connectivity index (χ3n) is 4.26. The van der Waals surface area contributed by atoms with Gasteiger partial charge in [-0.05, 0) is 43.2 Å². The van der Waals surface area contributed by atoms with Crippen molar-refractivity contribution < 1.29 is 4.42 Å². The van der Waals surface area contributed by atoms with Gasteiger partial charge in [0.05, 0.1) is 0 Å². The topological polar surface area (TPSA) is 64.9 Å². The summed E-state index contributed by atoms with van der Waals surface area (Å²) in [4.78, 5) is 0. The molecule has 0 radical (unpaired) electrons. The summed E-state index contributed by atoms with van der Waals surface area (Å²) in [6.45, 7) is 2.55. The van der Waals surface area contributed by atoms with Crippen LogP contribution >= 0.6 is 11.8 Å². The number of thioether (sulfide) groups is 1. The van der Waals surface area contributed by atoms with Crippen LogP contribution in [0.2, 0.25) is 0 Å². The fraction of sp³-hybridized carbons (Fsp3) is 0.500. The smallest absolute Gasteiger partial charge is 0.276 e. The van der Waals surface area contributed by atoms with Crippen molar-refractivity contribution in [2.24, 2.45) is 11.7 Å². The van der Waals surface area contributed by atoms with Crippen molar-refractivity contribution in [1.29, 1.82) is 0 Å². The Morgan fingerprint density at radius 3 is 2.71 bits per heavy atom. The van der Waals surface area contributed by atoms with Gasteiger partial charge in [-0.15, -0.1) is 10.2 Å². The van der Waals surface area contributed by atoms with E-state index in [-0.39, 0.29) is 0 Å². The molecule has 2 N–H and O–H groups in total. The van der Waals surface area contributed by atoms with Crippen LogP contribution in [0.25, 0.3) is 0 Å². The lowest BCUT2D eigenvalue weighted by molar-refractivity contribution is 0.340. The SMILES string of the molecule is Cc1nnc(SC2CC(c3ccccc3)CCC2CN)o1. The summed E-state index contributed by atoms with van der Waals surface area (Å²) in [6.07, 6.45) is 3.50. The molecule has 1 aromatic carbocycles. The Bertz CT molecular complexity index is 572. The normalized spacial score (nSPS) is 25.9. The Kier molecular flexibility index (Phi) is 4.60. The minimum atomic E-state index is 0.453. The van der Waals surface area contributed by atoms with Crippen LogP contribution in [0, 0.1) is 12.8 Å². The van der Waals surface area contributed by atoms with Gasteiger partial charge in [-0.2, -0.15) is 0 Å². The zero-order valence-electron chi connectivity index (χ0n) is 12.2. The highest BCUT2D eigenvalue weighted by atomic mass is 32.2. The molecule has 3 atom stereocenters. The molecule has 1 fully saturated rings. The van der Waals surface area contributed by atoms with Gasteiger partial charge in [0.2, 0.25) is 5.89 Å². The molecular weight excluding hydrogens is 282 g/mol. The zero-order valence-corrected chi connectivity index (χ0v) is 13.1. The first kappa shape index (κ1) is 14.6. The van der Waals surface area contributed by atoms with Crippen molar-refractivity contribution in [3.8, 4) is 0 Å². The molecule has 0 aliphatic heterocycles. The van der Waals surface area contributed by atoms with Crippen molar-refractivity contribution in [2.45, 2.75) is 42.6 Å². The zero-order chi connectivity index (χ0) is 14.7. The Morgan fingerprint density at radius 1 is 1.24 bits per heavy atom. The monoisotopic (exact) mass is 303 g/mol. The molecule has 21 heavy (non-hydrogen) atoms. The second-order valence-electron chi connectivity index (χ2n) is 5.66. The van der Waals surface area contributed by atoms with Gasteiger partial charge in [0.15, 0.2) is 0 Å². The molecule has 1 aliphatic carbocycles. The predicted molar refractivity (Wildman–Crippen MR) is 84.3 cm³/mol. The van der Waals surface area contributed by atoms with Gasteiger partial charge in [-0.3, -0.25) is 0 Å². The van der Waals surface area contributed by atoms with Gasteiger partial charge in [0.1, 0.15) is 0 Å². The number of hydrogen-bond donors (Lipinski definition) is 1. The van der Waals surface area contributed by atoms with Gasteiger partial charge >= 0.3 is 0 Å². The minimum absolute atomic E-state index is 0.453. The third kappa shape index (κ3) is 3.47. The van der Waals surface area contributed by atoms with Crippen molar-refractivity contribution in [3.63, 3.8) is 0 Å². The summed E-state index contributed by atoms with van der Waals surface area (Å²) in [5, 5.41) is 9.15. The molecule has 0 bridgehead atoms. The molecule has 112 valence electrons. The first-order chi connectivity index (χ1) is 10.3. The number of rotatable bonds is 4. The summed E-state index contributed by atoms with van der Waals surface area (Å²) < 4.78 is 5.52. The van der Waals surface area contributed by atoms with E-state index in [0.717, 1.165) is 13.0 Å². The van der Waals surface area contributed by atoms with E-state index in [4.69, 9.17) is 10.2 Å². The van der Waals surface area contributed by atoms with Gasteiger partial charge in [0, 0.05) is 12.2 Å². The lowest BCUT2D eigenvalue weighted by Crippen LogP contribution is -2.31. The Hall–Kier alpha value is -1.33.